The normalized spacial score (nSPS) is 18.2. The molecule has 166 valence electrons. The molecule has 2 saturated carbocycles. The minimum Gasteiger partial charge on any atom is -0.334 e. The number of benzene rings is 1. The zero-order chi connectivity index (χ0) is 22.5. The van der Waals surface area contributed by atoms with E-state index in [-0.39, 0.29) is 17.0 Å². The van der Waals surface area contributed by atoms with Gasteiger partial charge in [0.05, 0.1) is 23.5 Å². The van der Waals surface area contributed by atoms with Gasteiger partial charge in [0.1, 0.15) is 16.7 Å². The lowest BCUT2D eigenvalue weighted by atomic mass is 10.1. The lowest BCUT2D eigenvalue weighted by molar-refractivity contribution is 0.536. The number of sulfonamides is 1. The second-order valence-electron chi connectivity index (χ2n) is 9.15. The number of rotatable bonds is 6. The Labute approximate surface area is 188 Å². The molecule has 2 aliphatic carbocycles. The first-order valence-corrected chi connectivity index (χ1v) is 12.8. The summed E-state index contributed by atoms with van der Waals surface area (Å²) in [7, 11) is -3.68. The standard InChI is InChI=1S/C24H27N5O2S/c1-15-7-10-22-20(11-15)21(12-25)23(29(22)18-5-3-4-6-18)24-26-13-19(14-27-24)32(30,31)28-16(2)17-8-9-17/h7,10-11,13-14,16-18,28H,3-6,8-9H2,1-2H3/t16-/m0/s1. The van der Waals surface area contributed by atoms with Gasteiger partial charge in [0.25, 0.3) is 0 Å². The van der Waals surface area contributed by atoms with Crippen LogP contribution in [0.4, 0.5) is 0 Å². The van der Waals surface area contributed by atoms with E-state index in [4.69, 9.17) is 0 Å². The number of nitriles is 1. The number of nitrogens with zero attached hydrogens (tertiary/aromatic N) is 4. The third-order valence-corrected chi connectivity index (χ3v) is 8.29. The molecule has 7 nitrogen and oxygen atoms in total. The van der Waals surface area contributed by atoms with Gasteiger partial charge in [-0.15, -0.1) is 0 Å². The van der Waals surface area contributed by atoms with Gasteiger partial charge in [-0.25, -0.2) is 23.1 Å². The van der Waals surface area contributed by atoms with E-state index in [1.807, 2.05) is 19.9 Å². The van der Waals surface area contributed by atoms with Gasteiger partial charge in [-0.2, -0.15) is 5.26 Å². The lowest BCUT2D eigenvalue weighted by Crippen LogP contribution is -2.34. The van der Waals surface area contributed by atoms with Gasteiger partial charge in [0, 0.05) is 17.5 Å². The van der Waals surface area contributed by atoms with E-state index in [2.05, 4.69) is 37.5 Å². The minimum atomic E-state index is -3.68. The third kappa shape index (κ3) is 3.70. The van der Waals surface area contributed by atoms with E-state index < -0.39 is 10.0 Å². The molecule has 2 heterocycles. The summed E-state index contributed by atoms with van der Waals surface area (Å²) in [6.07, 6.45) is 9.22. The summed E-state index contributed by atoms with van der Waals surface area (Å²) in [5.74, 6) is 0.797. The molecule has 0 unspecified atom stereocenters. The number of hydrogen-bond donors (Lipinski definition) is 1. The highest BCUT2D eigenvalue weighted by Crippen LogP contribution is 2.40. The maximum absolute atomic E-state index is 12.8. The molecular weight excluding hydrogens is 422 g/mol. The molecule has 0 spiro atoms. The van der Waals surface area contributed by atoms with Gasteiger partial charge in [0.2, 0.25) is 10.0 Å². The molecule has 32 heavy (non-hydrogen) atoms. The van der Waals surface area contributed by atoms with Crippen molar-refractivity contribution in [3.63, 3.8) is 0 Å². The SMILES string of the molecule is Cc1ccc2c(c1)c(C#N)c(-c1ncc(S(=O)(=O)N[C@@H](C)C3CC3)cn1)n2C1CCCC1. The predicted octanol–water partition coefficient (Wildman–Crippen LogP) is 4.47. The van der Waals surface area contributed by atoms with Crippen LogP contribution in [0.25, 0.3) is 22.4 Å². The fourth-order valence-corrected chi connectivity index (χ4v) is 6.09. The molecule has 5 rings (SSSR count). The number of aryl methyl sites for hydroxylation is 1. The van der Waals surface area contributed by atoms with Crippen molar-refractivity contribution in [2.24, 2.45) is 5.92 Å². The number of hydrogen-bond acceptors (Lipinski definition) is 5. The third-order valence-electron chi connectivity index (χ3n) is 6.78. The van der Waals surface area contributed by atoms with E-state index in [1.165, 1.54) is 12.4 Å². The first-order valence-electron chi connectivity index (χ1n) is 11.3. The van der Waals surface area contributed by atoms with E-state index in [0.29, 0.717) is 23.0 Å². The Balaban J connectivity index is 1.60. The molecule has 2 aromatic heterocycles. The molecule has 0 saturated heterocycles. The molecule has 0 bridgehead atoms. The van der Waals surface area contributed by atoms with Crippen molar-refractivity contribution in [1.82, 2.24) is 19.3 Å². The van der Waals surface area contributed by atoms with E-state index in [9.17, 15) is 13.7 Å². The molecule has 2 aliphatic rings. The van der Waals surface area contributed by atoms with Gasteiger partial charge in [-0.1, -0.05) is 24.5 Å². The lowest BCUT2D eigenvalue weighted by Gasteiger charge is -2.17. The molecule has 1 N–H and O–H groups in total. The van der Waals surface area contributed by atoms with Crippen LogP contribution in [-0.2, 0) is 10.0 Å². The Morgan fingerprint density at radius 1 is 1.16 bits per heavy atom. The molecule has 2 fully saturated rings. The van der Waals surface area contributed by atoms with Crippen LogP contribution in [0.5, 0.6) is 0 Å². The highest BCUT2D eigenvalue weighted by molar-refractivity contribution is 7.89. The number of aromatic nitrogens is 3. The highest BCUT2D eigenvalue weighted by atomic mass is 32.2. The van der Waals surface area contributed by atoms with Crippen LogP contribution >= 0.6 is 0 Å². The van der Waals surface area contributed by atoms with Crippen molar-refractivity contribution < 1.29 is 8.42 Å². The molecule has 1 atom stereocenters. The molecular formula is C24H27N5O2S. The van der Waals surface area contributed by atoms with Crippen molar-refractivity contribution in [3.8, 4) is 17.6 Å². The van der Waals surface area contributed by atoms with Crippen LogP contribution in [0.3, 0.4) is 0 Å². The summed E-state index contributed by atoms with van der Waals surface area (Å²) in [5, 5.41) is 10.9. The van der Waals surface area contributed by atoms with Crippen molar-refractivity contribution in [2.45, 2.75) is 69.4 Å². The van der Waals surface area contributed by atoms with E-state index >= 15 is 0 Å². The Morgan fingerprint density at radius 3 is 2.47 bits per heavy atom. The second-order valence-corrected chi connectivity index (χ2v) is 10.9. The summed E-state index contributed by atoms with van der Waals surface area (Å²) in [6.45, 7) is 3.91. The summed E-state index contributed by atoms with van der Waals surface area (Å²) in [6, 6.07) is 8.71. The van der Waals surface area contributed by atoms with E-state index in [1.54, 1.807) is 0 Å². The Morgan fingerprint density at radius 2 is 1.84 bits per heavy atom. The summed E-state index contributed by atoms with van der Waals surface area (Å²) in [5.41, 5.74) is 3.33. The largest absolute Gasteiger partial charge is 0.334 e. The topological polar surface area (TPSA) is 101 Å². The van der Waals surface area contributed by atoms with Crippen LogP contribution in [0.1, 0.15) is 62.6 Å². The predicted molar refractivity (Wildman–Crippen MR) is 122 cm³/mol. The molecule has 0 radical (unpaired) electrons. The van der Waals surface area contributed by atoms with Gasteiger partial charge in [0.15, 0.2) is 5.82 Å². The Kier molecular flexibility index (Phi) is 5.26. The number of nitrogens with one attached hydrogen (secondary N) is 1. The molecule has 8 heteroatoms. The fourth-order valence-electron chi connectivity index (χ4n) is 4.89. The van der Waals surface area contributed by atoms with Crippen molar-refractivity contribution >= 4 is 20.9 Å². The highest BCUT2D eigenvalue weighted by Gasteiger charge is 2.32. The fraction of sp³-hybridized carbons (Fsp3) is 0.458. The van der Waals surface area contributed by atoms with Crippen molar-refractivity contribution in [1.29, 1.82) is 5.26 Å². The second kappa shape index (κ2) is 7.98. The summed E-state index contributed by atoms with van der Waals surface area (Å²) >= 11 is 0. The quantitative estimate of drug-likeness (QED) is 0.598. The molecule has 0 amide bonds. The average Bonchev–Trinajstić information content (AvgIpc) is 3.40. The first-order chi connectivity index (χ1) is 15.4. The monoisotopic (exact) mass is 449 g/mol. The van der Waals surface area contributed by atoms with Gasteiger partial charge < -0.3 is 4.57 Å². The summed E-state index contributed by atoms with van der Waals surface area (Å²) in [4.78, 5) is 8.93. The first kappa shape index (κ1) is 21.1. The zero-order valence-corrected chi connectivity index (χ0v) is 19.2. The van der Waals surface area contributed by atoms with E-state index in [0.717, 1.165) is 55.0 Å². The molecule has 3 aromatic rings. The van der Waals surface area contributed by atoms with Crippen molar-refractivity contribution in [3.05, 3.63) is 41.7 Å². The van der Waals surface area contributed by atoms with Crippen LogP contribution in [-0.4, -0.2) is 29.0 Å². The average molecular weight is 450 g/mol. The van der Waals surface area contributed by atoms with Crippen molar-refractivity contribution in [2.75, 3.05) is 0 Å². The maximum atomic E-state index is 12.8. The van der Waals surface area contributed by atoms with Gasteiger partial charge in [-0.05, 0) is 57.6 Å². The molecule has 0 aliphatic heterocycles. The summed E-state index contributed by atoms with van der Waals surface area (Å²) < 4.78 is 30.4. The van der Waals surface area contributed by atoms with Gasteiger partial charge in [-0.3, -0.25) is 0 Å². The van der Waals surface area contributed by atoms with Gasteiger partial charge >= 0.3 is 0 Å². The van der Waals surface area contributed by atoms with Crippen LogP contribution in [0, 0.1) is 24.2 Å². The Hall–Kier alpha value is -2.76. The zero-order valence-electron chi connectivity index (χ0n) is 18.4. The molecule has 1 aromatic carbocycles. The van der Waals surface area contributed by atoms with Crippen LogP contribution < -0.4 is 4.72 Å². The smallest absolute Gasteiger partial charge is 0.243 e. The Bertz CT molecular complexity index is 1310. The maximum Gasteiger partial charge on any atom is 0.243 e. The minimum absolute atomic E-state index is 0.0478. The van der Waals surface area contributed by atoms with Crippen LogP contribution in [0.2, 0.25) is 0 Å². The number of fused-ring (bicyclic) bond motifs is 1. The van der Waals surface area contributed by atoms with Crippen LogP contribution in [0.15, 0.2) is 35.5 Å².